The van der Waals surface area contributed by atoms with Crippen LogP contribution in [0.5, 0.6) is 5.75 Å². The van der Waals surface area contributed by atoms with E-state index in [4.69, 9.17) is 21.4 Å². The van der Waals surface area contributed by atoms with E-state index in [0.29, 0.717) is 60.0 Å². The van der Waals surface area contributed by atoms with Crippen molar-refractivity contribution in [2.24, 2.45) is 0 Å². The van der Waals surface area contributed by atoms with E-state index in [1.165, 1.54) is 4.90 Å². The molecule has 0 bridgehead atoms. The van der Waals surface area contributed by atoms with Crippen molar-refractivity contribution in [1.29, 1.82) is 0 Å². The van der Waals surface area contributed by atoms with Gasteiger partial charge in [0.1, 0.15) is 5.75 Å². The first-order valence-corrected chi connectivity index (χ1v) is 9.49. The maximum absolute atomic E-state index is 13.2. The number of halogens is 1. The molecule has 2 aromatic carbocycles. The molecular formula is C21H25ClN2O4. The molecule has 0 aromatic heterocycles. The summed E-state index contributed by atoms with van der Waals surface area (Å²) in [7, 11) is 1.67. The summed E-state index contributed by atoms with van der Waals surface area (Å²) in [5.74, 6) is 0.344. The number of aliphatic hydroxyl groups is 1. The fraction of sp³-hybridized carbons (Fsp3) is 0.333. The molecule has 0 saturated carbocycles. The molecule has 0 heterocycles. The summed E-state index contributed by atoms with van der Waals surface area (Å²) in [5, 5.41) is 12.3. The molecule has 0 unspecified atom stereocenters. The molecule has 28 heavy (non-hydrogen) atoms. The van der Waals surface area contributed by atoms with E-state index in [-0.39, 0.29) is 12.5 Å². The third kappa shape index (κ3) is 5.47. The van der Waals surface area contributed by atoms with E-state index in [1.54, 1.807) is 31.3 Å². The van der Waals surface area contributed by atoms with E-state index < -0.39 is 0 Å². The summed E-state index contributed by atoms with van der Waals surface area (Å²) >= 11 is 5.98. The van der Waals surface area contributed by atoms with Gasteiger partial charge in [-0.25, -0.2) is 0 Å². The number of carbonyl (C=O) groups is 2. The van der Waals surface area contributed by atoms with E-state index >= 15 is 0 Å². The third-order valence-corrected chi connectivity index (χ3v) is 4.54. The number of rotatable bonds is 10. The lowest BCUT2D eigenvalue weighted by molar-refractivity contribution is -0.105. The number of nitrogens with one attached hydrogen (secondary N) is 1. The number of carbonyl (C=O) groups excluding carboxylic acids is 2. The lowest BCUT2D eigenvalue weighted by Gasteiger charge is -2.23. The minimum atomic E-state index is -0.247. The van der Waals surface area contributed by atoms with Crippen molar-refractivity contribution in [1.82, 2.24) is 4.90 Å². The highest BCUT2D eigenvalue weighted by Gasteiger charge is 2.23. The van der Waals surface area contributed by atoms with Crippen LogP contribution < -0.4 is 10.1 Å². The molecular weight excluding hydrogens is 380 g/mol. The van der Waals surface area contributed by atoms with Crippen molar-refractivity contribution in [3.8, 4) is 5.75 Å². The summed E-state index contributed by atoms with van der Waals surface area (Å²) in [5.41, 5.74) is 2.45. The Morgan fingerprint density at radius 2 is 1.96 bits per heavy atom. The average Bonchev–Trinajstić information content (AvgIpc) is 2.69. The van der Waals surface area contributed by atoms with Gasteiger partial charge in [0.15, 0.2) is 0 Å². The summed E-state index contributed by atoms with van der Waals surface area (Å²) in [6.45, 7) is 2.71. The number of ether oxygens (including phenoxy) is 1. The zero-order valence-electron chi connectivity index (χ0n) is 16.1. The first-order chi connectivity index (χ1) is 13.5. The SMILES string of the molecule is CCOc1ccc(NC=O)c(C(=O)N(C)CCCO)c1Cc1ccc(Cl)cc1. The monoisotopic (exact) mass is 404 g/mol. The predicted molar refractivity (Wildman–Crippen MR) is 110 cm³/mol. The highest BCUT2D eigenvalue weighted by molar-refractivity contribution is 6.30. The lowest BCUT2D eigenvalue weighted by Crippen LogP contribution is -2.30. The smallest absolute Gasteiger partial charge is 0.256 e. The van der Waals surface area contributed by atoms with Gasteiger partial charge in [-0.1, -0.05) is 23.7 Å². The number of aliphatic hydroxyl groups excluding tert-OH is 1. The minimum Gasteiger partial charge on any atom is -0.494 e. The largest absolute Gasteiger partial charge is 0.494 e. The number of anilines is 1. The highest BCUT2D eigenvalue weighted by Crippen LogP contribution is 2.32. The van der Waals surface area contributed by atoms with Crippen LogP contribution in [0.1, 0.15) is 34.8 Å². The predicted octanol–water partition coefficient (Wildman–Crippen LogP) is 3.35. The number of hydrogen-bond acceptors (Lipinski definition) is 4. The van der Waals surface area contributed by atoms with Crippen molar-refractivity contribution < 1.29 is 19.4 Å². The Bertz CT molecular complexity index is 809. The number of hydrogen-bond donors (Lipinski definition) is 2. The fourth-order valence-electron chi connectivity index (χ4n) is 2.93. The fourth-order valence-corrected chi connectivity index (χ4v) is 3.06. The molecule has 150 valence electrons. The summed E-state index contributed by atoms with van der Waals surface area (Å²) < 4.78 is 5.76. The quantitative estimate of drug-likeness (QED) is 0.595. The average molecular weight is 405 g/mol. The van der Waals surface area contributed by atoms with Gasteiger partial charge in [-0.05, 0) is 43.2 Å². The topological polar surface area (TPSA) is 78.9 Å². The lowest BCUT2D eigenvalue weighted by atomic mass is 9.96. The van der Waals surface area contributed by atoms with Gasteiger partial charge in [-0.3, -0.25) is 9.59 Å². The van der Waals surface area contributed by atoms with E-state index in [2.05, 4.69) is 5.32 Å². The molecule has 0 atom stereocenters. The van der Waals surface area contributed by atoms with Gasteiger partial charge in [-0.2, -0.15) is 0 Å². The summed E-state index contributed by atoms with van der Waals surface area (Å²) in [6.07, 6.45) is 1.46. The van der Waals surface area contributed by atoms with E-state index in [1.807, 2.05) is 19.1 Å². The Morgan fingerprint density at radius 1 is 1.25 bits per heavy atom. The van der Waals surface area contributed by atoms with Crippen molar-refractivity contribution in [3.63, 3.8) is 0 Å². The molecule has 2 aromatic rings. The van der Waals surface area contributed by atoms with Gasteiger partial charge in [0.25, 0.3) is 5.91 Å². The van der Waals surface area contributed by atoms with Crippen LogP contribution in [0, 0.1) is 0 Å². The van der Waals surface area contributed by atoms with Gasteiger partial charge in [-0.15, -0.1) is 0 Å². The van der Waals surface area contributed by atoms with E-state index in [9.17, 15) is 9.59 Å². The van der Waals surface area contributed by atoms with Crippen molar-refractivity contribution in [2.45, 2.75) is 19.8 Å². The summed E-state index contributed by atoms with van der Waals surface area (Å²) in [6, 6.07) is 10.8. The van der Waals surface area contributed by atoms with Crippen LogP contribution in [-0.4, -0.2) is 49.1 Å². The van der Waals surface area contributed by atoms with Crippen LogP contribution in [-0.2, 0) is 11.2 Å². The molecule has 0 radical (unpaired) electrons. The Morgan fingerprint density at radius 3 is 2.57 bits per heavy atom. The van der Waals surface area contributed by atoms with Gasteiger partial charge < -0.3 is 20.1 Å². The standard InChI is InChI=1S/C21H25ClN2O4/c1-3-28-19-10-9-18(23-14-26)20(21(27)24(2)11-4-12-25)17(19)13-15-5-7-16(22)8-6-15/h5-10,14,25H,3-4,11-13H2,1-2H3,(H,23,26). The van der Waals surface area contributed by atoms with Crippen LogP contribution in [0.2, 0.25) is 5.02 Å². The molecule has 0 spiro atoms. The second kappa shape index (κ2) is 10.7. The minimum absolute atomic E-state index is 0.00627. The van der Waals surface area contributed by atoms with Gasteiger partial charge in [0, 0.05) is 37.2 Å². The molecule has 0 aliphatic rings. The molecule has 2 N–H and O–H groups in total. The van der Waals surface area contributed by atoms with Crippen LogP contribution >= 0.6 is 11.6 Å². The van der Waals surface area contributed by atoms with Crippen LogP contribution in [0.4, 0.5) is 5.69 Å². The molecule has 7 heteroatoms. The van der Waals surface area contributed by atoms with Crippen LogP contribution in [0.15, 0.2) is 36.4 Å². The Labute approximate surface area is 170 Å². The highest BCUT2D eigenvalue weighted by atomic mass is 35.5. The van der Waals surface area contributed by atoms with Crippen LogP contribution in [0.25, 0.3) is 0 Å². The molecule has 2 amide bonds. The normalized spacial score (nSPS) is 10.4. The third-order valence-electron chi connectivity index (χ3n) is 4.29. The van der Waals surface area contributed by atoms with Crippen molar-refractivity contribution in [3.05, 3.63) is 58.1 Å². The molecule has 0 aliphatic carbocycles. The second-order valence-corrected chi connectivity index (χ2v) is 6.70. The zero-order chi connectivity index (χ0) is 20.5. The van der Waals surface area contributed by atoms with Crippen LogP contribution in [0.3, 0.4) is 0 Å². The van der Waals surface area contributed by atoms with Gasteiger partial charge >= 0.3 is 0 Å². The van der Waals surface area contributed by atoms with Crippen molar-refractivity contribution >= 4 is 29.6 Å². The molecule has 0 fully saturated rings. The second-order valence-electron chi connectivity index (χ2n) is 6.27. The first-order valence-electron chi connectivity index (χ1n) is 9.11. The molecule has 0 aliphatic heterocycles. The van der Waals surface area contributed by atoms with E-state index in [0.717, 1.165) is 5.56 Å². The Hall–Kier alpha value is -2.57. The Balaban J connectivity index is 2.55. The van der Waals surface area contributed by atoms with Gasteiger partial charge in [0.05, 0.1) is 17.9 Å². The van der Waals surface area contributed by atoms with Crippen molar-refractivity contribution in [2.75, 3.05) is 32.1 Å². The number of nitrogens with zero attached hydrogens (tertiary/aromatic N) is 1. The number of benzene rings is 2. The molecule has 2 rings (SSSR count). The maximum atomic E-state index is 13.2. The van der Waals surface area contributed by atoms with Gasteiger partial charge in [0.2, 0.25) is 6.41 Å². The Kier molecular flexibility index (Phi) is 8.29. The summed E-state index contributed by atoms with van der Waals surface area (Å²) in [4.78, 5) is 25.8. The number of amides is 2. The maximum Gasteiger partial charge on any atom is 0.256 e. The molecule has 0 saturated heterocycles. The zero-order valence-corrected chi connectivity index (χ0v) is 16.8. The molecule has 6 nitrogen and oxygen atoms in total. The first kappa shape index (κ1) is 21.7.